The van der Waals surface area contributed by atoms with Crippen molar-refractivity contribution in [1.82, 2.24) is 14.5 Å². The van der Waals surface area contributed by atoms with Gasteiger partial charge in [0.2, 0.25) is 0 Å². The van der Waals surface area contributed by atoms with E-state index in [0.717, 1.165) is 31.5 Å². The normalized spacial score (nSPS) is 15.5. The zero-order chi connectivity index (χ0) is 15.5. The molecule has 0 aliphatic carbocycles. The number of nitriles is 1. The highest BCUT2D eigenvalue weighted by molar-refractivity contribution is 5.49. The van der Waals surface area contributed by atoms with Gasteiger partial charge in [0.25, 0.3) is 5.56 Å². The van der Waals surface area contributed by atoms with Gasteiger partial charge in [0.1, 0.15) is 6.07 Å². The van der Waals surface area contributed by atoms with Crippen LogP contribution in [0.3, 0.4) is 0 Å². The largest absolute Gasteiger partial charge is 0.354 e. The Labute approximate surface area is 128 Å². The van der Waals surface area contributed by atoms with E-state index >= 15 is 0 Å². The first-order valence-corrected chi connectivity index (χ1v) is 7.31. The van der Waals surface area contributed by atoms with Gasteiger partial charge in [0.15, 0.2) is 11.5 Å². The van der Waals surface area contributed by atoms with Gasteiger partial charge in [-0.3, -0.25) is 4.79 Å². The molecule has 3 heterocycles. The number of aryl methyl sites for hydroxylation is 1. The van der Waals surface area contributed by atoms with Crippen LogP contribution in [0.5, 0.6) is 0 Å². The molecule has 1 saturated heterocycles. The van der Waals surface area contributed by atoms with Crippen LogP contribution in [0.15, 0.2) is 35.5 Å². The molecule has 1 aliphatic heterocycles. The van der Waals surface area contributed by atoms with E-state index in [2.05, 4.69) is 20.9 Å². The third kappa shape index (κ3) is 2.70. The molecular weight excluding hydrogens is 278 g/mol. The van der Waals surface area contributed by atoms with Crippen LogP contribution in [-0.4, -0.2) is 27.6 Å². The number of anilines is 1. The molecule has 0 bridgehead atoms. The van der Waals surface area contributed by atoms with Crippen LogP contribution in [0.25, 0.3) is 0 Å². The van der Waals surface area contributed by atoms with Crippen molar-refractivity contribution in [1.29, 1.82) is 5.26 Å². The van der Waals surface area contributed by atoms with E-state index in [4.69, 9.17) is 5.26 Å². The van der Waals surface area contributed by atoms with Gasteiger partial charge in [0, 0.05) is 44.8 Å². The number of rotatable bonds is 2. The first kappa shape index (κ1) is 14.3. The van der Waals surface area contributed by atoms with Gasteiger partial charge < -0.3 is 9.47 Å². The molecule has 6 nitrogen and oxygen atoms in total. The lowest BCUT2D eigenvalue weighted by Gasteiger charge is -2.33. The Morgan fingerprint density at radius 1 is 1.27 bits per heavy atom. The monoisotopic (exact) mass is 295 g/mol. The zero-order valence-corrected chi connectivity index (χ0v) is 12.4. The number of nitrogens with zero attached hydrogens (tertiary/aromatic N) is 5. The molecule has 2 aromatic rings. The first-order chi connectivity index (χ1) is 10.7. The molecule has 1 aliphatic rings. The molecule has 3 rings (SSSR count). The molecule has 0 aromatic carbocycles. The van der Waals surface area contributed by atoms with Gasteiger partial charge in [0.05, 0.1) is 0 Å². The highest BCUT2D eigenvalue weighted by atomic mass is 16.1. The number of hydrogen-bond acceptors (Lipinski definition) is 5. The van der Waals surface area contributed by atoms with Crippen molar-refractivity contribution < 1.29 is 0 Å². The van der Waals surface area contributed by atoms with Gasteiger partial charge in [-0.2, -0.15) is 5.26 Å². The molecule has 0 amide bonds. The Hall–Kier alpha value is -2.68. The smallest absolute Gasteiger partial charge is 0.250 e. The number of hydrogen-bond donors (Lipinski definition) is 0. The summed E-state index contributed by atoms with van der Waals surface area (Å²) in [6.07, 6.45) is 6.85. The van der Waals surface area contributed by atoms with Crippen molar-refractivity contribution in [2.45, 2.75) is 18.8 Å². The summed E-state index contributed by atoms with van der Waals surface area (Å²) >= 11 is 0. The topological polar surface area (TPSA) is 74.8 Å². The summed E-state index contributed by atoms with van der Waals surface area (Å²) in [4.78, 5) is 22.2. The van der Waals surface area contributed by atoms with Crippen molar-refractivity contribution in [3.8, 4) is 6.07 Å². The molecule has 0 unspecified atom stereocenters. The molecule has 6 heteroatoms. The third-order valence-electron chi connectivity index (χ3n) is 4.18. The van der Waals surface area contributed by atoms with E-state index in [1.165, 1.54) is 6.20 Å². The van der Waals surface area contributed by atoms with Crippen LogP contribution in [0.1, 0.15) is 30.0 Å². The van der Waals surface area contributed by atoms with E-state index in [0.29, 0.717) is 17.4 Å². The first-order valence-electron chi connectivity index (χ1n) is 7.31. The lowest BCUT2D eigenvalue weighted by Crippen LogP contribution is -2.34. The second-order valence-electron chi connectivity index (χ2n) is 5.51. The fraction of sp³-hybridized carbons (Fsp3) is 0.375. The zero-order valence-electron chi connectivity index (χ0n) is 12.4. The van der Waals surface area contributed by atoms with Crippen LogP contribution in [0.2, 0.25) is 0 Å². The minimum atomic E-state index is 0.0284. The Balaban J connectivity index is 1.74. The molecular formula is C16H17N5O. The average Bonchev–Trinajstić information content (AvgIpc) is 2.57. The Kier molecular flexibility index (Phi) is 3.88. The standard InChI is InChI=1S/C16H17N5O/c1-20-7-2-13(10-15(20)22)12-3-8-21(9-4-12)16-14(11-17)18-5-6-19-16/h2,5-7,10,12H,3-4,8-9H2,1H3. The van der Waals surface area contributed by atoms with Gasteiger partial charge in [-0.05, 0) is 30.4 Å². The SMILES string of the molecule is Cn1ccc(C2CCN(c3nccnc3C#N)CC2)cc1=O. The van der Waals surface area contributed by atoms with Crippen molar-refractivity contribution in [3.05, 3.63) is 52.3 Å². The van der Waals surface area contributed by atoms with Crippen molar-refractivity contribution in [2.75, 3.05) is 18.0 Å². The highest BCUT2D eigenvalue weighted by Gasteiger charge is 2.23. The maximum absolute atomic E-state index is 11.8. The maximum Gasteiger partial charge on any atom is 0.250 e. The summed E-state index contributed by atoms with van der Waals surface area (Å²) in [5.41, 5.74) is 1.50. The summed E-state index contributed by atoms with van der Waals surface area (Å²) in [5, 5.41) is 9.12. The predicted octanol–water partition coefficient (Wildman–Crippen LogP) is 1.43. The molecule has 0 spiro atoms. The quantitative estimate of drug-likeness (QED) is 0.838. The average molecular weight is 295 g/mol. The minimum absolute atomic E-state index is 0.0284. The molecule has 1 fully saturated rings. The number of pyridine rings is 1. The summed E-state index contributed by atoms with van der Waals surface area (Å²) < 4.78 is 1.58. The van der Waals surface area contributed by atoms with E-state index in [1.54, 1.807) is 23.9 Å². The minimum Gasteiger partial charge on any atom is -0.354 e. The van der Waals surface area contributed by atoms with Gasteiger partial charge in [-0.25, -0.2) is 9.97 Å². The Bertz CT molecular complexity index is 769. The summed E-state index contributed by atoms with van der Waals surface area (Å²) in [5.74, 6) is 1.04. The van der Waals surface area contributed by atoms with Gasteiger partial charge in [-0.15, -0.1) is 0 Å². The van der Waals surface area contributed by atoms with E-state index in [-0.39, 0.29) is 5.56 Å². The molecule has 112 valence electrons. The number of piperidine rings is 1. The van der Waals surface area contributed by atoms with Gasteiger partial charge in [-0.1, -0.05) is 0 Å². The lowest BCUT2D eigenvalue weighted by atomic mass is 9.90. The van der Waals surface area contributed by atoms with Crippen molar-refractivity contribution in [2.24, 2.45) is 7.05 Å². The van der Waals surface area contributed by atoms with E-state index in [9.17, 15) is 4.79 Å². The molecule has 0 atom stereocenters. The summed E-state index contributed by atoms with van der Waals surface area (Å²) in [6, 6.07) is 5.83. The third-order valence-corrected chi connectivity index (χ3v) is 4.18. The number of aromatic nitrogens is 3. The fourth-order valence-corrected chi connectivity index (χ4v) is 2.88. The molecule has 0 N–H and O–H groups in total. The van der Waals surface area contributed by atoms with Crippen LogP contribution in [0.4, 0.5) is 5.82 Å². The molecule has 0 radical (unpaired) electrons. The molecule has 2 aromatic heterocycles. The highest BCUT2D eigenvalue weighted by Crippen LogP contribution is 2.29. The second-order valence-corrected chi connectivity index (χ2v) is 5.51. The van der Waals surface area contributed by atoms with Gasteiger partial charge >= 0.3 is 0 Å². The Morgan fingerprint density at radius 2 is 2.00 bits per heavy atom. The van der Waals surface area contributed by atoms with Crippen LogP contribution < -0.4 is 10.5 Å². The van der Waals surface area contributed by atoms with Crippen molar-refractivity contribution >= 4 is 5.82 Å². The summed E-state index contributed by atoms with van der Waals surface area (Å²) in [7, 11) is 1.76. The molecule has 22 heavy (non-hydrogen) atoms. The van der Waals surface area contributed by atoms with E-state index in [1.807, 2.05) is 12.3 Å². The Morgan fingerprint density at radius 3 is 2.68 bits per heavy atom. The lowest BCUT2D eigenvalue weighted by molar-refractivity contribution is 0.500. The van der Waals surface area contributed by atoms with Crippen molar-refractivity contribution in [3.63, 3.8) is 0 Å². The second kappa shape index (κ2) is 5.98. The summed E-state index contributed by atoms with van der Waals surface area (Å²) in [6.45, 7) is 1.63. The predicted molar refractivity (Wildman–Crippen MR) is 82.6 cm³/mol. The van der Waals surface area contributed by atoms with Crippen LogP contribution >= 0.6 is 0 Å². The van der Waals surface area contributed by atoms with Crippen LogP contribution in [0, 0.1) is 11.3 Å². The molecule has 0 saturated carbocycles. The van der Waals surface area contributed by atoms with Crippen LogP contribution in [-0.2, 0) is 7.05 Å². The fourth-order valence-electron chi connectivity index (χ4n) is 2.88. The maximum atomic E-state index is 11.8. The van der Waals surface area contributed by atoms with E-state index < -0.39 is 0 Å².